The molecule has 1 aromatic rings. The van der Waals surface area contributed by atoms with Crippen molar-refractivity contribution in [2.24, 2.45) is 17.8 Å². The molecular formula is C26H37N3O5. The minimum Gasteiger partial charge on any atom is -0.394 e. The third-order valence-electron chi connectivity index (χ3n) is 7.94. The Labute approximate surface area is 201 Å². The Bertz CT molecular complexity index is 951. The third-order valence-corrected chi connectivity index (χ3v) is 7.94. The van der Waals surface area contributed by atoms with Gasteiger partial charge in [0, 0.05) is 11.7 Å². The van der Waals surface area contributed by atoms with Crippen molar-refractivity contribution in [2.75, 3.05) is 11.9 Å². The molecule has 3 fully saturated rings. The zero-order valence-electron chi connectivity index (χ0n) is 20.7. The Morgan fingerprint density at radius 1 is 1.15 bits per heavy atom. The van der Waals surface area contributed by atoms with Crippen LogP contribution in [-0.4, -0.2) is 63.7 Å². The van der Waals surface area contributed by atoms with E-state index in [0.29, 0.717) is 24.9 Å². The van der Waals surface area contributed by atoms with Crippen LogP contribution in [0.5, 0.6) is 0 Å². The SMILES string of the molecule is CC[C@@]12CCC3(O1)C(C(=O)NC(C)C)N([C@@H](CO)C(C)C)C(=O)[C@@H]3[C@@H]2C(=O)Nc1ccccc1. The van der Waals surface area contributed by atoms with E-state index in [0.717, 1.165) is 0 Å². The van der Waals surface area contributed by atoms with Gasteiger partial charge in [0.2, 0.25) is 17.7 Å². The van der Waals surface area contributed by atoms with E-state index in [1.807, 2.05) is 65.0 Å². The molecule has 0 saturated carbocycles. The Morgan fingerprint density at radius 2 is 1.82 bits per heavy atom. The summed E-state index contributed by atoms with van der Waals surface area (Å²) in [5, 5.41) is 16.1. The van der Waals surface area contributed by atoms with E-state index in [9.17, 15) is 19.5 Å². The Morgan fingerprint density at radius 3 is 2.38 bits per heavy atom. The van der Waals surface area contributed by atoms with Crippen molar-refractivity contribution in [3.63, 3.8) is 0 Å². The van der Waals surface area contributed by atoms with Crippen molar-refractivity contribution in [1.82, 2.24) is 10.2 Å². The molecular weight excluding hydrogens is 434 g/mol. The number of aliphatic hydroxyl groups is 1. The van der Waals surface area contributed by atoms with Gasteiger partial charge in [-0.1, -0.05) is 39.0 Å². The maximum Gasteiger partial charge on any atom is 0.246 e. The van der Waals surface area contributed by atoms with Crippen LogP contribution in [0.4, 0.5) is 5.69 Å². The van der Waals surface area contributed by atoms with Gasteiger partial charge in [-0.3, -0.25) is 14.4 Å². The quantitative estimate of drug-likeness (QED) is 0.539. The second kappa shape index (κ2) is 8.96. The zero-order chi connectivity index (χ0) is 24.8. The minimum absolute atomic E-state index is 0.0764. The normalized spacial score (nSPS) is 32.9. The molecule has 3 saturated heterocycles. The number of hydrogen-bond acceptors (Lipinski definition) is 5. The summed E-state index contributed by atoms with van der Waals surface area (Å²) in [4.78, 5) is 42.9. The molecule has 2 bridgehead atoms. The second-order valence-electron chi connectivity index (χ2n) is 10.6. The number of carbonyl (C=O) groups excluding carboxylic acids is 3. The molecule has 3 heterocycles. The molecule has 0 aromatic heterocycles. The van der Waals surface area contributed by atoms with E-state index in [4.69, 9.17) is 4.74 Å². The molecule has 4 rings (SSSR count). The number of ether oxygens (including phenoxy) is 1. The van der Waals surface area contributed by atoms with Crippen molar-refractivity contribution < 1.29 is 24.2 Å². The van der Waals surface area contributed by atoms with Crippen LogP contribution < -0.4 is 10.6 Å². The summed E-state index contributed by atoms with van der Waals surface area (Å²) < 4.78 is 6.72. The lowest BCUT2D eigenvalue weighted by molar-refractivity contribution is -0.151. The van der Waals surface area contributed by atoms with Crippen LogP contribution >= 0.6 is 0 Å². The fourth-order valence-electron chi connectivity index (χ4n) is 6.44. The lowest BCUT2D eigenvalue weighted by Gasteiger charge is -2.39. The van der Waals surface area contributed by atoms with Gasteiger partial charge >= 0.3 is 0 Å². The van der Waals surface area contributed by atoms with Crippen LogP contribution in [0.1, 0.15) is 53.9 Å². The molecule has 186 valence electrons. The fraction of sp³-hybridized carbons (Fsp3) is 0.654. The molecule has 1 spiro atoms. The van der Waals surface area contributed by atoms with E-state index in [1.165, 1.54) is 4.90 Å². The highest BCUT2D eigenvalue weighted by molar-refractivity contribution is 6.02. The number of rotatable bonds is 8. The molecule has 8 nitrogen and oxygen atoms in total. The number of amides is 3. The van der Waals surface area contributed by atoms with Gasteiger partial charge in [0.05, 0.1) is 30.1 Å². The Balaban J connectivity index is 1.79. The van der Waals surface area contributed by atoms with E-state index in [2.05, 4.69) is 10.6 Å². The maximum absolute atomic E-state index is 14.1. The predicted molar refractivity (Wildman–Crippen MR) is 128 cm³/mol. The molecule has 1 aromatic carbocycles. The summed E-state index contributed by atoms with van der Waals surface area (Å²) in [6.45, 7) is 9.29. The van der Waals surface area contributed by atoms with Gasteiger partial charge in [0.1, 0.15) is 11.6 Å². The fourth-order valence-corrected chi connectivity index (χ4v) is 6.44. The number of aliphatic hydroxyl groups excluding tert-OH is 1. The average molecular weight is 472 g/mol. The average Bonchev–Trinajstić information content (AvgIpc) is 3.38. The zero-order valence-corrected chi connectivity index (χ0v) is 20.7. The molecule has 8 heteroatoms. The topological polar surface area (TPSA) is 108 Å². The van der Waals surface area contributed by atoms with Gasteiger partial charge in [-0.15, -0.1) is 0 Å². The van der Waals surface area contributed by atoms with Gasteiger partial charge in [0.25, 0.3) is 0 Å². The van der Waals surface area contributed by atoms with E-state index in [-0.39, 0.29) is 36.3 Å². The van der Waals surface area contributed by atoms with Crippen molar-refractivity contribution in [1.29, 1.82) is 0 Å². The first-order chi connectivity index (χ1) is 16.1. The molecule has 3 N–H and O–H groups in total. The monoisotopic (exact) mass is 471 g/mol. The Kier molecular flexibility index (Phi) is 6.50. The number of anilines is 1. The summed E-state index contributed by atoms with van der Waals surface area (Å²) in [7, 11) is 0. The molecule has 3 amide bonds. The molecule has 0 radical (unpaired) electrons. The number of likely N-dealkylation sites (tertiary alicyclic amines) is 1. The second-order valence-corrected chi connectivity index (χ2v) is 10.6. The standard InChI is InChI=1S/C26H37N3O5/c1-6-25-12-13-26(34-25)20(19(25)22(31)28-17-10-8-7-9-11-17)24(33)29(18(14-30)15(2)3)21(26)23(32)27-16(4)5/h7-11,15-16,18-21,30H,6,12-14H2,1-5H3,(H,27,32)(H,28,31)/t18-,19+,20-,21?,25-,26?/m0/s1. The number of carbonyl (C=O) groups is 3. The van der Waals surface area contributed by atoms with Gasteiger partial charge in [-0.2, -0.15) is 0 Å². The van der Waals surface area contributed by atoms with Crippen LogP contribution in [0, 0.1) is 17.8 Å². The predicted octanol–water partition coefficient (Wildman–Crippen LogP) is 2.32. The number of fused-ring (bicyclic) bond motifs is 1. The van der Waals surface area contributed by atoms with Gasteiger partial charge in [0.15, 0.2) is 0 Å². The van der Waals surface area contributed by atoms with Crippen molar-refractivity contribution >= 4 is 23.4 Å². The highest BCUT2D eigenvalue weighted by atomic mass is 16.5. The van der Waals surface area contributed by atoms with Gasteiger partial charge in [-0.05, 0) is 51.2 Å². The van der Waals surface area contributed by atoms with Gasteiger partial charge < -0.3 is 25.4 Å². The largest absolute Gasteiger partial charge is 0.394 e. The van der Waals surface area contributed by atoms with Crippen LogP contribution in [0.25, 0.3) is 0 Å². The molecule has 6 atom stereocenters. The van der Waals surface area contributed by atoms with E-state index in [1.54, 1.807) is 0 Å². The molecule has 3 aliphatic rings. The molecule has 34 heavy (non-hydrogen) atoms. The first-order valence-electron chi connectivity index (χ1n) is 12.4. The van der Waals surface area contributed by atoms with E-state index >= 15 is 0 Å². The first-order valence-corrected chi connectivity index (χ1v) is 12.4. The Hall–Kier alpha value is -2.45. The summed E-state index contributed by atoms with van der Waals surface area (Å²) in [5.74, 6) is -2.40. The number of nitrogens with one attached hydrogen (secondary N) is 2. The van der Waals surface area contributed by atoms with Crippen LogP contribution in [0.2, 0.25) is 0 Å². The molecule has 0 aliphatic carbocycles. The number of nitrogens with zero attached hydrogens (tertiary/aromatic N) is 1. The van der Waals surface area contributed by atoms with Crippen LogP contribution in [0.3, 0.4) is 0 Å². The number of hydrogen-bond donors (Lipinski definition) is 3. The summed E-state index contributed by atoms with van der Waals surface area (Å²) in [5.41, 5.74) is -1.23. The number of benzene rings is 1. The van der Waals surface area contributed by atoms with Crippen LogP contribution in [0.15, 0.2) is 30.3 Å². The van der Waals surface area contributed by atoms with Crippen molar-refractivity contribution in [3.05, 3.63) is 30.3 Å². The van der Waals surface area contributed by atoms with Crippen molar-refractivity contribution in [2.45, 2.75) is 83.2 Å². The minimum atomic E-state index is -1.09. The lowest BCUT2D eigenvalue weighted by Crippen LogP contribution is -2.59. The smallest absolute Gasteiger partial charge is 0.246 e. The maximum atomic E-state index is 14.1. The first kappa shape index (κ1) is 24.7. The lowest BCUT2D eigenvalue weighted by atomic mass is 9.65. The van der Waals surface area contributed by atoms with E-state index < -0.39 is 35.1 Å². The van der Waals surface area contributed by atoms with Gasteiger partial charge in [-0.25, -0.2) is 0 Å². The summed E-state index contributed by atoms with van der Waals surface area (Å²) >= 11 is 0. The summed E-state index contributed by atoms with van der Waals surface area (Å²) in [6.07, 6.45) is 1.69. The highest BCUT2D eigenvalue weighted by Gasteiger charge is 2.79. The van der Waals surface area contributed by atoms with Crippen molar-refractivity contribution in [3.8, 4) is 0 Å². The molecule has 2 unspecified atom stereocenters. The number of para-hydroxylation sites is 1. The molecule has 3 aliphatic heterocycles. The highest BCUT2D eigenvalue weighted by Crippen LogP contribution is 2.64. The summed E-state index contributed by atoms with van der Waals surface area (Å²) in [6, 6.07) is 7.60. The van der Waals surface area contributed by atoms with Crippen LogP contribution in [-0.2, 0) is 19.1 Å². The third kappa shape index (κ3) is 3.62.